The van der Waals surface area contributed by atoms with E-state index in [4.69, 9.17) is 20.8 Å². The van der Waals surface area contributed by atoms with E-state index in [9.17, 15) is 15.4 Å². The van der Waals surface area contributed by atoms with Crippen LogP contribution in [0.5, 0.6) is 0 Å². The normalized spacial score (nSPS) is 10.9. The molecular weight excluding hydrogens is 410 g/mol. The molecule has 0 aliphatic heterocycles. The molecule has 0 spiro atoms. The first-order chi connectivity index (χ1) is 14.4. The van der Waals surface area contributed by atoms with Gasteiger partial charge in [0.25, 0.3) is 5.69 Å². The van der Waals surface area contributed by atoms with Crippen molar-refractivity contribution >= 4 is 29.3 Å². The van der Waals surface area contributed by atoms with Crippen LogP contribution in [-0.2, 0) is 11.3 Å². The highest BCUT2D eigenvalue weighted by atomic mass is 35.5. The van der Waals surface area contributed by atoms with Crippen LogP contribution in [-0.4, -0.2) is 23.2 Å². The molecule has 3 rings (SSSR count). The summed E-state index contributed by atoms with van der Waals surface area (Å²) in [6, 6.07) is 11.6. The van der Waals surface area contributed by atoms with Crippen LogP contribution in [0.25, 0.3) is 11.3 Å². The summed E-state index contributed by atoms with van der Waals surface area (Å²) in [5, 5.41) is 24.6. The molecule has 3 aromatic rings. The number of nitrogens with one attached hydrogen (secondary N) is 1. The van der Waals surface area contributed by atoms with Gasteiger partial charge >= 0.3 is 0 Å². The zero-order valence-electron chi connectivity index (χ0n) is 16.0. The summed E-state index contributed by atoms with van der Waals surface area (Å²) < 4.78 is 10.8. The predicted molar refractivity (Wildman–Crippen MR) is 111 cm³/mol. The smallest absolute Gasteiger partial charge is 0.288 e. The lowest BCUT2D eigenvalue weighted by molar-refractivity contribution is -0.384. The molecule has 0 unspecified atom stereocenters. The molecule has 1 aromatic carbocycles. The van der Waals surface area contributed by atoms with Crippen LogP contribution in [0.2, 0.25) is 5.02 Å². The van der Waals surface area contributed by atoms with Crippen molar-refractivity contribution in [2.24, 2.45) is 5.10 Å². The van der Waals surface area contributed by atoms with Crippen LogP contribution in [0.4, 0.5) is 11.5 Å². The first-order valence-electron chi connectivity index (χ1n) is 8.65. The molecule has 0 aliphatic carbocycles. The highest BCUT2D eigenvalue weighted by molar-refractivity contribution is 6.32. The molecule has 0 saturated carbocycles. The zero-order valence-corrected chi connectivity index (χ0v) is 16.8. The Balaban J connectivity index is 1.80. The summed E-state index contributed by atoms with van der Waals surface area (Å²) in [4.78, 5) is 14.8. The van der Waals surface area contributed by atoms with Crippen molar-refractivity contribution in [1.29, 1.82) is 5.26 Å². The Morgan fingerprint density at radius 3 is 2.90 bits per heavy atom. The van der Waals surface area contributed by atoms with Gasteiger partial charge in [-0.25, -0.2) is 4.98 Å². The number of hydrazone groups is 1. The maximum atomic E-state index is 11.1. The average molecular weight is 426 g/mol. The molecule has 2 aromatic heterocycles. The number of nitro benzene ring substituents is 1. The monoisotopic (exact) mass is 425 g/mol. The Morgan fingerprint density at radius 2 is 2.20 bits per heavy atom. The third-order valence-electron chi connectivity index (χ3n) is 4.06. The Labute approximate surface area is 176 Å². The summed E-state index contributed by atoms with van der Waals surface area (Å²) in [7, 11) is 1.55. The average Bonchev–Trinajstić information content (AvgIpc) is 3.17. The molecule has 0 saturated heterocycles. The fourth-order valence-electron chi connectivity index (χ4n) is 2.76. The topological polar surface area (TPSA) is 127 Å². The predicted octanol–water partition coefficient (Wildman–Crippen LogP) is 4.68. The van der Waals surface area contributed by atoms with E-state index in [1.807, 2.05) is 0 Å². The van der Waals surface area contributed by atoms with E-state index in [0.29, 0.717) is 39.7 Å². The van der Waals surface area contributed by atoms with Crippen molar-refractivity contribution in [2.45, 2.75) is 13.5 Å². The summed E-state index contributed by atoms with van der Waals surface area (Å²) in [5.41, 5.74) is 4.81. The highest BCUT2D eigenvalue weighted by Gasteiger charge is 2.15. The Hall–Kier alpha value is -3.74. The maximum Gasteiger partial charge on any atom is 0.288 e. The van der Waals surface area contributed by atoms with Gasteiger partial charge in [-0.05, 0) is 37.3 Å². The number of aryl methyl sites for hydroxylation is 1. The first-order valence-corrected chi connectivity index (χ1v) is 9.03. The van der Waals surface area contributed by atoms with Crippen molar-refractivity contribution in [1.82, 2.24) is 4.98 Å². The molecule has 0 atom stereocenters. The number of anilines is 1. The van der Waals surface area contributed by atoms with Crippen LogP contribution in [0.1, 0.15) is 22.6 Å². The Kier molecular flexibility index (Phi) is 6.41. The maximum absolute atomic E-state index is 11.1. The number of rotatable bonds is 7. The van der Waals surface area contributed by atoms with Gasteiger partial charge in [0.15, 0.2) is 5.82 Å². The minimum absolute atomic E-state index is 0.0492. The molecule has 0 amide bonds. The molecular formula is C20H16ClN5O4. The second-order valence-corrected chi connectivity index (χ2v) is 6.59. The Morgan fingerprint density at radius 1 is 1.40 bits per heavy atom. The number of nitrogens with zero attached hydrogens (tertiary/aromatic N) is 4. The van der Waals surface area contributed by atoms with Crippen molar-refractivity contribution in [3.63, 3.8) is 0 Å². The minimum Gasteiger partial charge on any atom is -0.455 e. The number of hydrogen-bond donors (Lipinski definition) is 1. The number of benzene rings is 1. The standard InChI is InChI=1S/C20H16ClN5O4/c1-12-7-14(11-29-2)16(9-22)20(24-12)25-23-10-15-4-6-19(30-15)13-3-5-17(21)18(8-13)26(27)28/h3-8,10H,11H2,1-2H3,(H,24,25)/b23-10+. The quantitative estimate of drug-likeness (QED) is 0.331. The third kappa shape index (κ3) is 4.63. The van der Waals surface area contributed by atoms with Gasteiger partial charge in [-0.2, -0.15) is 10.4 Å². The summed E-state index contributed by atoms with van der Waals surface area (Å²) in [6.45, 7) is 2.08. The van der Waals surface area contributed by atoms with Crippen LogP contribution in [0.3, 0.4) is 0 Å². The lowest BCUT2D eigenvalue weighted by Gasteiger charge is -2.08. The number of ether oxygens (including phenoxy) is 1. The molecule has 10 heteroatoms. The number of halogens is 1. The molecule has 0 bridgehead atoms. The molecule has 1 N–H and O–H groups in total. The van der Waals surface area contributed by atoms with Gasteiger partial charge < -0.3 is 9.15 Å². The van der Waals surface area contributed by atoms with Crippen molar-refractivity contribution < 1.29 is 14.1 Å². The van der Waals surface area contributed by atoms with Gasteiger partial charge in [0.2, 0.25) is 0 Å². The van der Waals surface area contributed by atoms with Gasteiger partial charge in [0.05, 0.1) is 17.7 Å². The number of hydrogen-bond acceptors (Lipinski definition) is 8. The molecule has 152 valence electrons. The van der Waals surface area contributed by atoms with E-state index in [-0.39, 0.29) is 17.3 Å². The lowest BCUT2D eigenvalue weighted by atomic mass is 10.1. The summed E-state index contributed by atoms with van der Waals surface area (Å²) in [6.07, 6.45) is 1.41. The Bertz CT molecular complexity index is 1170. The molecule has 0 aliphatic rings. The number of nitro groups is 1. The van der Waals surface area contributed by atoms with E-state index in [1.165, 1.54) is 18.3 Å². The molecule has 30 heavy (non-hydrogen) atoms. The van der Waals surface area contributed by atoms with Crippen LogP contribution < -0.4 is 5.43 Å². The van der Waals surface area contributed by atoms with E-state index in [0.717, 1.165) is 0 Å². The van der Waals surface area contributed by atoms with Gasteiger partial charge in [0, 0.05) is 30.0 Å². The number of methoxy groups -OCH3 is 1. The highest BCUT2D eigenvalue weighted by Crippen LogP contribution is 2.31. The van der Waals surface area contributed by atoms with Crippen molar-refractivity contribution in [3.05, 3.63) is 74.1 Å². The van der Waals surface area contributed by atoms with E-state index >= 15 is 0 Å². The first kappa shape index (κ1) is 21.0. The van der Waals surface area contributed by atoms with Gasteiger partial charge in [-0.1, -0.05) is 11.6 Å². The summed E-state index contributed by atoms with van der Waals surface area (Å²) in [5.74, 6) is 1.13. The van der Waals surface area contributed by atoms with Crippen molar-refractivity contribution in [3.8, 4) is 17.4 Å². The molecule has 0 fully saturated rings. The minimum atomic E-state index is -0.555. The number of nitriles is 1. The van der Waals surface area contributed by atoms with E-state index in [1.54, 1.807) is 38.3 Å². The van der Waals surface area contributed by atoms with Crippen molar-refractivity contribution in [2.75, 3.05) is 12.5 Å². The largest absolute Gasteiger partial charge is 0.455 e. The van der Waals surface area contributed by atoms with Gasteiger partial charge in [0.1, 0.15) is 28.2 Å². The lowest BCUT2D eigenvalue weighted by Crippen LogP contribution is -2.03. The molecule has 2 heterocycles. The van der Waals surface area contributed by atoms with Crippen LogP contribution >= 0.6 is 11.6 Å². The third-order valence-corrected chi connectivity index (χ3v) is 4.38. The zero-order chi connectivity index (χ0) is 21.7. The number of pyridine rings is 1. The SMILES string of the molecule is COCc1cc(C)nc(N/N=C/c2ccc(-c3ccc(Cl)c([N+](=O)[O-])c3)o2)c1C#N. The van der Waals surface area contributed by atoms with E-state index in [2.05, 4.69) is 21.6 Å². The number of aromatic nitrogens is 1. The summed E-state index contributed by atoms with van der Waals surface area (Å²) >= 11 is 5.84. The number of furan rings is 1. The fraction of sp³-hybridized carbons (Fsp3) is 0.150. The van der Waals surface area contributed by atoms with Crippen LogP contribution in [0.15, 0.2) is 45.9 Å². The van der Waals surface area contributed by atoms with Gasteiger partial charge in [-0.3, -0.25) is 15.5 Å². The van der Waals surface area contributed by atoms with Crippen LogP contribution in [0, 0.1) is 28.4 Å². The van der Waals surface area contributed by atoms with E-state index < -0.39 is 4.92 Å². The second-order valence-electron chi connectivity index (χ2n) is 6.19. The molecule has 0 radical (unpaired) electrons. The van der Waals surface area contributed by atoms with Gasteiger partial charge in [-0.15, -0.1) is 0 Å². The fourth-order valence-corrected chi connectivity index (χ4v) is 2.94. The second kappa shape index (κ2) is 9.17. The molecule has 9 nitrogen and oxygen atoms in total.